The van der Waals surface area contributed by atoms with Crippen molar-refractivity contribution in [1.82, 2.24) is 9.21 Å². The standard InChI is InChI=1S/C20H22N4O6S/c1-14-18(7-4-8-19(14)24(27)28)21-20(26)16-5-3-6-17(13-16)31(29,30)23-11-9-22(10-12-23)15(2)25/h3-8,13H,9-12H2,1-2H3,(H,21,26). The molecule has 11 heteroatoms. The first-order chi connectivity index (χ1) is 14.6. The Balaban J connectivity index is 1.80. The van der Waals surface area contributed by atoms with Crippen LogP contribution < -0.4 is 5.32 Å². The van der Waals surface area contributed by atoms with Gasteiger partial charge in [0, 0.05) is 44.7 Å². The second-order valence-corrected chi connectivity index (χ2v) is 9.04. The molecule has 0 spiro atoms. The van der Waals surface area contributed by atoms with Gasteiger partial charge in [0.15, 0.2) is 0 Å². The number of nitrogens with zero attached hydrogens (tertiary/aromatic N) is 3. The van der Waals surface area contributed by atoms with Crippen molar-refractivity contribution < 1.29 is 22.9 Å². The van der Waals surface area contributed by atoms with E-state index in [0.717, 1.165) is 0 Å². The van der Waals surface area contributed by atoms with Crippen molar-refractivity contribution in [3.63, 3.8) is 0 Å². The van der Waals surface area contributed by atoms with E-state index < -0.39 is 20.9 Å². The number of rotatable bonds is 5. The molecule has 164 valence electrons. The van der Waals surface area contributed by atoms with Gasteiger partial charge in [0.1, 0.15) is 0 Å². The van der Waals surface area contributed by atoms with Gasteiger partial charge in [-0.25, -0.2) is 8.42 Å². The topological polar surface area (TPSA) is 130 Å². The highest BCUT2D eigenvalue weighted by molar-refractivity contribution is 7.89. The molecule has 0 saturated carbocycles. The zero-order chi connectivity index (χ0) is 22.8. The van der Waals surface area contributed by atoms with E-state index >= 15 is 0 Å². The maximum Gasteiger partial charge on any atom is 0.274 e. The van der Waals surface area contributed by atoms with Crippen molar-refractivity contribution in [3.05, 3.63) is 63.7 Å². The Kier molecular flexibility index (Phi) is 6.37. The van der Waals surface area contributed by atoms with Crippen LogP contribution in [-0.2, 0) is 14.8 Å². The van der Waals surface area contributed by atoms with Gasteiger partial charge in [0.25, 0.3) is 11.6 Å². The number of hydrogen-bond donors (Lipinski definition) is 1. The number of carbonyl (C=O) groups is 2. The maximum absolute atomic E-state index is 13.0. The third-order valence-corrected chi connectivity index (χ3v) is 7.06. The maximum atomic E-state index is 13.0. The van der Waals surface area contributed by atoms with Crippen LogP contribution in [0.2, 0.25) is 0 Å². The largest absolute Gasteiger partial charge is 0.340 e. The minimum absolute atomic E-state index is 0.0350. The first-order valence-corrected chi connectivity index (χ1v) is 11.0. The number of hydrogen-bond acceptors (Lipinski definition) is 6. The quantitative estimate of drug-likeness (QED) is 0.552. The number of nitro benzene ring substituents is 1. The van der Waals surface area contributed by atoms with E-state index in [1.807, 2.05) is 0 Å². The summed E-state index contributed by atoms with van der Waals surface area (Å²) in [6, 6.07) is 9.95. The van der Waals surface area contributed by atoms with Crippen LogP contribution in [0.15, 0.2) is 47.4 Å². The first kappa shape index (κ1) is 22.4. The van der Waals surface area contributed by atoms with E-state index in [4.69, 9.17) is 0 Å². The van der Waals surface area contributed by atoms with E-state index in [9.17, 15) is 28.1 Å². The summed E-state index contributed by atoms with van der Waals surface area (Å²) in [6.45, 7) is 3.92. The predicted octanol–water partition coefficient (Wildman–Crippen LogP) is 2.01. The van der Waals surface area contributed by atoms with Crippen molar-refractivity contribution in [3.8, 4) is 0 Å². The lowest BCUT2D eigenvalue weighted by molar-refractivity contribution is -0.385. The third-order valence-electron chi connectivity index (χ3n) is 5.17. The summed E-state index contributed by atoms with van der Waals surface area (Å²) >= 11 is 0. The van der Waals surface area contributed by atoms with E-state index in [2.05, 4.69) is 5.32 Å². The molecule has 1 aliphatic rings. The molecule has 1 saturated heterocycles. The minimum atomic E-state index is -3.84. The minimum Gasteiger partial charge on any atom is -0.340 e. The zero-order valence-electron chi connectivity index (χ0n) is 17.1. The van der Waals surface area contributed by atoms with Crippen molar-refractivity contribution in [2.45, 2.75) is 18.7 Å². The van der Waals surface area contributed by atoms with Gasteiger partial charge in [-0.05, 0) is 31.2 Å². The summed E-state index contributed by atoms with van der Waals surface area (Å²) in [5, 5.41) is 13.7. The van der Waals surface area contributed by atoms with Gasteiger partial charge < -0.3 is 10.2 Å². The summed E-state index contributed by atoms with van der Waals surface area (Å²) in [5.74, 6) is -0.686. The van der Waals surface area contributed by atoms with Gasteiger partial charge in [0.05, 0.1) is 21.1 Å². The SMILES string of the molecule is CC(=O)N1CCN(S(=O)(=O)c2cccc(C(=O)Nc3cccc([N+](=O)[O-])c3C)c2)CC1. The molecule has 2 aromatic carbocycles. The number of anilines is 1. The molecule has 10 nitrogen and oxygen atoms in total. The summed E-state index contributed by atoms with van der Waals surface area (Å²) < 4.78 is 27.3. The lowest BCUT2D eigenvalue weighted by Crippen LogP contribution is -2.49. The first-order valence-electron chi connectivity index (χ1n) is 9.52. The molecule has 0 aliphatic carbocycles. The van der Waals surface area contributed by atoms with E-state index in [0.29, 0.717) is 18.7 Å². The molecular weight excluding hydrogens is 424 g/mol. The summed E-state index contributed by atoms with van der Waals surface area (Å²) in [7, 11) is -3.84. The number of benzene rings is 2. The molecule has 0 radical (unpaired) electrons. The van der Waals surface area contributed by atoms with Crippen LogP contribution in [0, 0.1) is 17.0 Å². The Morgan fingerprint density at radius 3 is 2.32 bits per heavy atom. The monoisotopic (exact) mass is 446 g/mol. The second kappa shape index (κ2) is 8.82. The number of sulfonamides is 1. The molecule has 0 bridgehead atoms. The number of amides is 2. The van der Waals surface area contributed by atoms with Crippen molar-refractivity contribution >= 4 is 33.2 Å². The van der Waals surface area contributed by atoms with Crippen molar-refractivity contribution in [2.75, 3.05) is 31.5 Å². The third kappa shape index (κ3) is 4.72. The average Bonchev–Trinajstić information content (AvgIpc) is 2.75. The van der Waals surface area contributed by atoms with Crippen LogP contribution in [0.3, 0.4) is 0 Å². The highest BCUT2D eigenvalue weighted by Gasteiger charge is 2.29. The Bertz CT molecular complexity index is 1140. The van der Waals surface area contributed by atoms with Crippen LogP contribution in [0.25, 0.3) is 0 Å². The second-order valence-electron chi connectivity index (χ2n) is 7.10. The summed E-state index contributed by atoms with van der Waals surface area (Å²) in [6.07, 6.45) is 0. The molecule has 0 aromatic heterocycles. The van der Waals surface area contributed by atoms with Crippen LogP contribution in [0.4, 0.5) is 11.4 Å². The van der Waals surface area contributed by atoms with Gasteiger partial charge in [-0.2, -0.15) is 4.31 Å². The number of piperazine rings is 1. The summed E-state index contributed by atoms with van der Waals surface area (Å²) in [4.78, 5) is 36.2. The summed E-state index contributed by atoms with van der Waals surface area (Å²) in [5.41, 5.74) is 0.550. The van der Waals surface area contributed by atoms with Crippen molar-refractivity contribution in [2.24, 2.45) is 0 Å². The molecular formula is C20H22N4O6S. The van der Waals surface area contributed by atoms with Gasteiger partial charge in [0.2, 0.25) is 15.9 Å². The number of nitro groups is 1. The smallest absolute Gasteiger partial charge is 0.274 e. The van der Waals surface area contributed by atoms with Gasteiger partial charge in [-0.1, -0.05) is 12.1 Å². The fourth-order valence-electron chi connectivity index (χ4n) is 3.34. The Morgan fingerprint density at radius 2 is 1.71 bits per heavy atom. The molecule has 3 rings (SSSR count). The number of carbonyl (C=O) groups excluding carboxylic acids is 2. The fraction of sp³-hybridized carbons (Fsp3) is 0.300. The van der Waals surface area contributed by atoms with Crippen LogP contribution >= 0.6 is 0 Å². The molecule has 1 heterocycles. The molecule has 31 heavy (non-hydrogen) atoms. The average molecular weight is 446 g/mol. The fourth-order valence-corrected chi connectivity index (χ4v) is 4.81. The normalized spacial score (nSPS) is 14.8. The highest BCUT2D eigenvalue weighted by atomic mass is 32.2. The predicted molar refractivity (Wildman–Crippen MR) is 113 cm³/mol. The molecule has 2 amide bonds. The molecule has 2 aromatic rings. The van der Waals surface area contributed by atoms with Gasteiger partial charge in [-0.15, -0.1) is 0 Å². The Morgan fingerprint density at radius 1 is 1.06 bits per heavy atom. The van der Waals surface area contributed by atoms with Crippen LogP contribution in [0.1, 0.15) is 22.8 Å². The highest BCUT2D eigenvalue weighted by Crippen LogP contribution is 2.26. The van der Waals surface area contributed by atoms with Crippen LogP contribution in [-0.4, -0.2) is 60.5 Å². The lowest BCUT2D eigenvalue weighted by Gasteiger charge is -2.33. The lowest BCUT2D eigenvalue weighted by atomic mass is 10.1. The van der Waals surface area contributed by atoms with E-state index in [1.165, 1.54) is 60.6 Å². The molecule has 1 N–H and O–H groups in total. The van der Waals surface area contributed by atoms with Gasteiger partial charge >= 0.3 is 0 Å². The van der Waals surface area contributed by atoms with E-state index in [1.54, 1.807) is 4.90 Å². The zero-order valence-corrected chi connectivity index (χ0v) is 17.9. The Labute approximate surface area is 179 Å². The van der Waals surface area contributed by atoms with Gasteiger partial charge in [-0.3, -0.25) is 19.7 Å². The number of nitrogens with one attached hydrogen (secondary N) is 1. The van der Waals surface area contributed by atoms with E-state index in [-0.39, 0.29) is 40.8 Å². The molecule has 1 aliphatic heterocycles. The molecule has 0 unspecified atom stereocenters. The van der Waals surface area contributed by atoms with Crippen LogP contribution in [0.5, 0.6) is 0 Å². The molecule has 1 fully saturated rings. The molecule has 0 atom stereocenters. The Hall–Kier alpha value is -3.31. The van der Waals surface area contributed by atoms with Crippen molar-refractivity contribution in [1.29, 1.82) is 0 Å².